The number of nitrogens with zero attached hydrogens (tertiary/aromatic N) is 1. The molecular formula is C13H15NO4. The molecule has 5 heteroatoms. The van der Waals surface area contributed by atoms with Crippen LogP contribution in [-0.2, 0) is 16.1 Å². The number of carbonyl (C=O) groups excluding carboxylic acids is 2. The smallest absolute Gasteiger partial charge is 0.410 e. The number of aldehydes is 1. The van der Waals surface area contributed by atoms with Gasteiger partial charge in [0.2, 0.25) is 0 Å². The second kappa shape index (κ2) is 5.64. The van der Waals surface area contributed by atoms with Crippen molar-refractivity contribution in [2.24, 2.45) is 0 Å². The van der Waals surface area contributed by atoms with E-state index in [2.05, 4.69) is 0 Å². The molecular weight excluding hydrogens is 234 g/mol. The van der Waals surface area contributed by atoms with Crippen molar-refractivity contribution in [3.05, 3.63) is 35.9 Å². The maximum atomic E-state index is 11.8. The second-order valence-electron chi connectivity index (χ2n) is 4.29. The summed E-state index contributed by atoms with van der Waals surface area (Å²) >= 11 is 0. The molecule has 2 atom stereocenters. The number of hydrogen-bond acceptors (Lipinski definition) is 4. The molecule has 0 spiro atoms. The van der Waals surface area contributed by atoms with Gasteiger partial charge in [0.1, 0.15) is 12.9 Å². The SMILES string of the molecule is O=C[C@@H]1C[C@@H](O)CN1C(=O)OCc1ccccc1. The average Bonchev–Trinajstić information content (AvgIpc) is 2.78. The highest BCUT2D eigenvalue weighted by molar-refractivity contribution is 5.74. The normalized spacial score (nSPS) is 22.8. The molecule has 1 aliphatic rings. The van der Waals surface area contributed by atoms with Gasteiger partial charge in [0.15, 0.2) is 0 Å². The fourth-order valence-electron chi connectivity index (χ4n) is 1.98. The quantitative estimate of drug-likeness (QED) is 0.810. The van der Waals surface area contributed by atoms with Crippen molar-refractivity contribution in [2.45, 2.75) is 25.2 Å². The van der Waals surface area contributed by atoms with Crippen molar-refractivity contribution in [3.8, 4) is 0 Å². The lowest BCUT2D eigenvalue weighted by molar-refractivity contribution is -0.111. The highest BCUT2D eigenvalue weighted by Gasteiger charge is 2.34. The van der Waals surface area contributed by atoms with Gasteiger partial charge in [0, 0.05) is 6.42 Å². The number of carbonyl (C=O) groups is 2. The summed E-state index contributed by atoms with van der Waals surface area (Å²) in [5.41, 5.74) is 0.883. The van der Waals surface area contributed by atoms with E-state index in [1.807, 2.05) is 30.3 Å². The highest BCUT2D eigenvalue weighted by atomic mass is 16.6. The summed E-state index contributed by atoms with van der Waals surface area (Å²) in [4.78, 5) is 23.8. The van der Waals surface area contributed by atoms with Gasteiger partial charge in [0.05, 0.1) is 18.7 Å². The van der Waals surface area contributed by atoms with Gasteiger partial charge in [-0.15, -0.1) is 0 Å². The lowest BCUT2D eigenvalue weighted by Gasteiger charge is -2.19. The van der Waals surface area contributed by atoms with E-state index in [0.29, 0.717) is 6.29 Å². The molecule has 0 unspecified atom stereocenters. The van der Waals surface area contributed by atoms with Crippen LogP contribution in [0.3, 0.4) is 0 Å². The molecule has 0 saturated carbocycles. The van der Waals surface area contributed by atoms with Crippen LogP contribution < -0.4 is 0 Å². The minimum Gasteiger partial charge on any atom is -0.445 e. The topological polar surface area (TPSA) is 66.8 Å². The zero-order valence-electron chi connectivity index (χ0n) is 9.86. The van der Waals surface area contributed by atoms with Crippen molar-refractivity contribution in [1.82, 2.24) is 4.90 Å². The number of likely N-dealkylation sites (tertiary alicyclic amines) is 1. The van der Waals surface area contributed by atoms with Gasteiger partial charge >= 0.3 is 6.09 Å². The van der Waals surface area contributed by atoms with Crippen LogP contribution in [0.15, 0.2) is 30.3 Å². The summed E-state index contributed by atoms with van der Waals surface area (Å²) in [6.07, 6.45) is -0.263. The summed E-state index contributed by atoms with van der Waals surface area (Å²) in [6.45, 7) is 0.314. The number of hydrogen-bond donors (Lipinski definition) is 1. The van der Waals surface area contributed by atoms with E-state index >= 15 is 0 Å². The van der Waals surface area contributed by atoms with E-state index in [0.717, 1.165) is 5.56 Å². The zero-order chi connectivity index (χ0) is 13.0. The Balaban J connectivity index is 1.90. The Morgan fingerprint density at radius 1 is 1.44 bits per heavy atom. The number of benzene rings is 1. The summed E-state index contributed by atoms with van der Waals surface area (Å²) in [7, 11) is 0. The van der Waals surface area contributed by atoms with Crippen molar-refractivity contribution in [1.29, 1.82) is 0 Å². The molecule has 1 N–H and O–H groups in total. The molecule has 0 radical (unpaired) electrons. The fraction of sp³-hybridized carbons (Fsp3) is 0.385. The first-order chi connectivity index (χ1) is 8.70. The Bertz CT molecular complexity index is 420. The molecule has 1 saturated heterocycles. The summed E-state index contributed by atoms with van der Waals surface area (Å²) in [6, 6.07) is 8.72. The van der Waals surface area contributed by atoms with Crippen LogP contribution >= 0.6 is 0 Å². The van der Waals surface area contributed by atoms with E-state index in [-0.39, 0.29) is 19.6 Å². The Morgan fingerprint density at radius 3 is 2.83 bits per heavy atom. The third-order valence-electron chi connectivity index (χ3n) is 2.92. The van der Waals surface area contributed by atoms with E-state index in [9.17, 15) is 14.7 Å². The highest BCUT2D eigenvalue weighted by Crippen LogP contribution is 2.17. The molecule has 18 heavy (non-hydrogen) atoms. The molecule has 1 aliphatic heterocycles. The number of aliphatic hydroxyl groups excluding tert-OH is 1. The van der Waals surface area contributed by atoms with Gasteiger partial charge < -0.3 is 14.6 Å². The van der Waals surface area contributed by atoms with Gasteiger partial charge in [0.25, 0.3) is 0 Å². The third-order valence-corrected chi connectivity index (χ3v) is 2.92. The van der Waals surface area contributed by atoms with Gasteiger partial charge in [-0.05, 0) is 5.56 Å². The summed E-state index contributed by atoms with van der Waals surface area (Å²) in [5.74, 6) is 0. The lowest BCUT2D eigenvalue weighted by Crippen LogP contribution is -2.37. The number of rotatable bonds is 3. The third kappa shape index (κ3) is 2.87. The average molecular weight is 249 g/mol. The Morgan fingerprint density at radius 2 is 2.17 bits per heavy atom. The number of amides is 1. The van der Waals surface area contributed by atoms with Crippen LogP contribution in [0.5, 0.6) is 0 Å². The second-order valence-corrected chi connectivity index (χ2v) is 4.29. The Labute approximate surface area is 105 Å². The van der Waals surface area contributed by atoms with Crippen molar-refractivity contribution < 1.29 is 19.4 Å². The van der Waals surface area contributed by atoms with Gasteiger partial charge in [-0.3, -0.25) is 4.90 Å². The zero-order valence-corrected chi connectivity index (χ0v) is 9.86. The molecule has 5 nitrogen and oxygen atoms in total. The maximum Gasteiger partial charge on any atom is 0.410 e. The first-order valence-electron chi connectivity index (χ1n) is 5.81. The van der Waals surface area contributed by atoms with E-state index in [4.69, 9.17) is 4.74 Å². The van der Waals surface area contributed by atoms with E-state index in [1.54, 1.807) is 0 Å². The van der Waals surface area contributed by atoms with Crippen molar-refractivity contribution in [2.75, 3.05) is 6.54 Å². The number of aliphatic hydroxyl groups is 1. The molecule has 0 aromatic heterocycles. The summed E-state index contributed by atoms with van der Waals surface area (Å²) < 4.78 is 5.11. The standard InChI is InChI=1S/C13H15NO4/c15-8-11-6-12(16)7-14(11)13(17)18-9-10-4-2-1-3-5-10/h1-5,8,11-12,16H,6-7,9H2/t11-,12+/m0/s1. The minimum absolute atomic E-state index is 0.150. The van der Waals surface area contributed by atoms with Crippen molar-refractivity contribution >= 4 is 12.4 Å². The predicted octanol–water partition coefficient (Wildman–Crippen LogP) is 0.957. The van der Waals surface area contributed by atoms with Gasteiger partial charge in [-0.2, -0.15) is 0 Å². The predicted molar refractivity (Wildman–Crippen MR) is 63.8 cm³/mol. The molecule has 0 bridgehead atoms. The van der Waals surface area contributed by atoms with Crippen LogP contribution in [0.2, 0.25) is 0 Å². The molecule has 1 heterocycles. The lowest BCUT2D eigenvalue weighted by atomic mass is 10.2. The molecule has 1 amide bonds. The molecule has 2 rings (SSSR count). The molecule has 1 aromatic rings. The number of ether oxygens (including phenoxy) is 1. The van der Waals surface area contributed by atoms with Crippen LogP contribution in [0.4, 0.5) is 4.79 Å². The van der Waals surface area contributed by atoms with E-state index < -0.39 is 18.2 Å². The van der Waals surface area contributed by atoms with E-state index in [1.165, 1.54) is 4.90 Å². The first-order valence-corrected chi connectivity index (χ1v) is 5.81. The van der Waals surface area contributed by atoms with Crippen LogP contribution in [0, 0.1) is 0 Å². The Kier molecular flexibility index (Phi) is 3.94. The molecule has 1 aromatic carbocycles. The maximum absolute atomic E-state index is 11.8. The Hall–Kier alpha value is -1.88. The van der Waals surface area contributed by atoms with Crippen LogP contribution in [0.25, 0.3) is 0 Å². The largest absolute Gasteiger partial charge is 0.445 e. The van der Waals surface area contributed by atoms with Gasteiger partial charge in [-0.25, -0.2) is 4.79 Å². The minimum atomic E-state index is -0.649. The monoisotopic (exact) mass is 249 g/mol. The first kappa shape index (κ1) is 12.6. The molecule has 96 valence electrons. The van der Waals surface area contributed by atoms with Crippen molar-refractivity contribution in [3.63, 3.8) is 0 Å². The molecule has 0 aliphatic carbocycles. The molecule has 1 fully saturated rings. The number of β-amino-alcohol motifs (C(OH)–C–C–N with tert-alkyl or cyclic N) is 1. The van der Waals surface area contributed by atoms with Crippen LogP contribution in [0.1, 0.15) is 12.0 Å². The fourth-order valence-corrected chi connectivity index (χ4v) is 1.98. The summed E-state index contributed by atoms with van der Waals surface area (Å²) in [5, 5.41) is 9.43. The van der Waals surface area contributed by atoms with Crippen LogP contribution in [-0.4, -0.2) is 41.1 Å². The van der Waals surface area contributed by atoms with Gasteiger partial charge in [-0.1, -0.05) is 30.3 Å².